The number of hydrogen-bond acceptors (Lipinski definition) is 4. The first-order valence-electron chi connectivity index (χ1n) is 8.10. The van der Waals surface area contributed by atoms with E-state index in [2.05, 4.69) is 0 Å². The second-order valence-electron chi connectivity index (χ2n) is 6.66. The van der Waals surface area contributed by atoms with E-state index >= 15 is 0 Å². The molecule has 16 heteroatoms. The summed E-state index contributed by atoms with van der Waals surface area (Å²) < 4.78 is 165. The predicted molar refractivity (Wildman–Crippen MR) is 87.9 cm³/mol. The maximum atomic E-state index is 14.1. The van der Waals surface area contributed by atoms with Crippen LogP contribution in [0.5, 0.6) is 11.5 Å². The highest BCUT2D eigenvalue weighted by Gasteiger charge is 2.74. The highest BCUT2D eigenvalue weighted by Crippen LogP contribution is 2.60. The third kappa shape index (κ3) is 4.13. The topological polar surface area (TPSA) is 92.5 Å². The van der Waals surface area contributed by atoms with Gasteiger partial charge in [-0.2, -0.15) is 52.7 Å². The Labute approximate surface area is 175 Å². The zero-order chi connectivity index (χ0) is 25.9. The van der Waals surface area contributed by atoms with Crippen LogP contribution in [0.4, 0.5) is 64.1 Å². The third-order valence-corrected chi connectivity index (χ3v) is 4.60. The molecule has 0 aromatic heterocycles. The summed E-state index contributed by atoms with van der Waals surface area (Å²) >= 11 is 0. The van der Waals surface area contributed by atoms with E-state index in [1.165, 1.54) is 0 Å². The predicted octanol–water partition coefficient (Wildman–Crippen LogP) is 5.71. The summed E-state index contributed by atoms with van der Waals surface area (Å²) in [5.74, 6) is -3.58. The summed E-state index contributed by atoms with van der Waals surface area (Å²) in [6.07, 6.45) is -25.2. The van der Waals surface area contributed by atoms with E-state index in [1.54, 1.807) is 0 Å². The van der Waals surface area contributed by atoms with Gasteiger partial charge in [0.2, 0.25) is 5.41 Å². The normalized spacial score (nSPS) is 13.9. The zero-order valence-electron chi connectivity index (χ0n) is 15.4. The molecule has 184 valence electrons. The number of hydrogen-bond donors (Lipinski definition) is 4. The second kappa shape index (κ2) is 7.41. The highest BCUT2D eigenvalue weighted by molar-refractivity contribution is 5.65. The first kappa shape index (κ1) is 26.1. The molecular formula is C17H10F12N2O2. The Balaban J connectivity index is 3.27. The lowest BCUT2D eigenvalue weighted by Crippen LogP contribution is -2.55. The standard InChI is InChI=1S/C17H10F12N2O2/c18-14(19,20)7-3-9(30)11(32)4-6(7)13(16(24,25)26,17(27,28)29)5-1-8(15(21,22)23)12(33)10(31)2-5/h1-4,32-33H,30-31H2. The van der Waals surface area contributed by atoms with Crippen LogP contribution in [-0.2, 0) is 17.8 Å². The van der Waals surface area contributed by atoms with Crippen molar-refractivity contribution in [2.24, 2.45) is 0 Å². The number of phenolic OH excluding ortho intramolecular Hbond substituents is 2. The van der Waals surface area contributed by atoms with Gasteiger partial charge in [-0.1, -0.05) is 0 Å². The molecule has 0 amide bonds. The van der Waals surface area contributed by atoms with Gasteiger partial charge in [0, 0.05) is 0 Å². The largest absolute Gasteiger partial charge is 0.506 e. The van der Waals surface area contributed by atoms with E-state index in [4.69, 9.17) is 11.5 Å². The molecule has 4 nitrogen and oxygen atoms in total. The Morgan fingerprint density at radius 3 is 1.39 bits per heavy atom. The third-order valence-electron chi connectivity index (χ3n) is 4.60. The van der Waals surface area contributed by atoms with Gasteiger partial charge in [-0.05, 0) is 35.4 Å². The summed E-state index contributed by atoms with van der Waals surface area (Å²) in [6.45, 7) is 0. The number of aromatic hydroxyl groups is 2. The SMILES string of the molecule is Nc1cc(C(F)(F)F)c(C(c2cc(N)c(O)c(C(F)(F)F)c2)(C(F)(F)F)C(F)(F)F)cc1O. The van der Waals surface area contributed by atoms with Crippen LogP contribution < -0.4 is 11.5 Å². The number of rotatable bonds is 2. The van der Waals surface area contributed by atoms with Crippen LogP contribution in [-0.4, -0.2) is 22.6 Å². The fraction of sp³-hybridized carbons (Fsp3) is 0.294. The molecule has 0 fully saturated rings. The lowest BCUT2D eigenvalue weighted by molar-refractivity contribution is -0.289. The molecule has 0 spiro atoms. The van der Waals surface area contributed by atoms with Crippen molar-refractivity contribution in [1.82, 2.24) is 0 Å². The van der Waals surface area contributed by atoms with Crippen molar-refractivity contribution < 1.29 is 62.9 Å². The molecule has 0 aliphatic carbocycles. The molecule has 33 heavy (non-hydrogen) atoms. The van der Waals surface area contributed by atoms with Crippen molar-refractivity contribution in [2.75, 3.05) is 11.5 Å². The Bertz CT molecular complexity index is 1050. The van der Waals surface area contributed by atoms with E-state index in [1.807, 2.05) is 0 Å². The van der Waals surface area contributed by atoms with Crippen LogP contribution in [0.25, 0.3) is 0 Å². The molecule has 0 saturated heterocycles. The lowest BCUT2D eigenvalue weighted by atomic mass is 9.70. The monoisotopic (exact) mass is 502 g/mol. The quantitative estimate of drug-likeness (QED) is 0.241. The number of benzene rings is 2. The van der Waals surface area contributed by atoms with E-state index < -0.39 is 93.4 Å². The van der Waals surface area contributed by atoms with Crippen LogP contribution in [0.3, 0.4) is 0 Å². The molecule has 0 aliphatic rings. The van der Waals surface area contributed by atoms with E-state index in [-0.39, 0.29) is 6.07 Å². The van der Waals surface area contributed by atoms with Gasteiger partial charge < -0.3 is 21.7 Å². The van der Waals surface area contributed by atoms with Crippen molar-refractivity contribution in [2.45, 2.75) is 30.1 Å². The Morgan fingerprint density at radius 1 is 0.545 bits per heavy atom. The van der Waals surface area contributed by atoms with E-state index in [0.717, 1.165) is 0 Å². The van der Waals surface area contributed by atoms with Gasteiger partial charge in [-0.25, -0.2) is 0 Å². The Hall–Kier alpha value is -3.20. The van der Waals surface area contributed by atoms with Crippen molar-refractivity contribution in [3.05, 3.63) is 46.5 Å². The van der Waals surface area contributed by atoms with Gasteiger partial charge in [0.05, 0.1) is 22.5 Å². The fourth-order valence-electron chi connectivity index (χ4n) is 3.19. The van der Waals surface area contributed by atoms with Crippen molar-refractivity contribution in [3.63, 3.8) is 0 Å². The molecule has 0 radical (unpaired) electrons. The molecule has 0 heterocycles. The van der Waals surface area contributed by atoms with Crippen molar-refractivity contribution >= 4 is 11.4 Å². The maximum Gasteiger partial charge on any atom is 0.420 e. The smallest absolute Gasteiger partial charge is 0.420 e. The number of halogens is 12. The van der Waals surface area contributed by atoms with Crippen LogP contribution in [0.15, 0.2) is 24.3 Å². The molecule has 2 aromatic rings. The van der Waals surface area contributed by atoms with Crippen LogP contribution >= 0.6 is 0 Å². The molecular weight excluding hydrogens is 492 g/mol. The minimum Gasteiger partial charge on any atom is -0.506 e. The van der Waals surface area contributed by atoms with Gasteiger partial charge in [0.25, 0.3) is 0 Å². The second-order valence-corrected chi connectivity index (χ2v) is 6.66. The summed E-state index contributed by atoms with van der Waals surface area (Å²) in [7, 11) is 0. The maximum absolute atomic E-state index is 14.1. The summed E-state index contributed by atoms with van der Waals surface area (Å²) in [4.78, 5) is 0. The molecule has 0 saturated carbocycles. The number of nitrogen functional groups attached to an aromatic ring is 2. The number of phenols is 2. The van der Waals surface area contributed by atoms with Crippen molar-refractivity contribution in [1.29, 1.82) is 0 Å². The lowest BCUT2D eigenvalue weighted by Gasteiger charge is -2.40. The van der Waals surface area contributed by atoms with E-state index in [9.17, 15) is 62.9 Å². The molecule has 2 aromatic carbocycles. The molecule has 0 bridgehead atoms. The minimum absolute atomic E-state index is 0.390. The first-order valence-corrected chi connectivity index (χ1v) is 8.10. The number of anilines is 2. The van der Waals surface area contributed by atoms with Gasteiger partial charge in [0.15, 0.2) is 5.75 Å². The molecule has 0 aliphatic heterocycles. The minimum atomic E-state index is -6.78. The van der Waals surface area contributed by atoms with Crippen LogP contribution in [0.1, 0.15) is 22.3 Å². The fourth-order valence-corrected chi connectivity index (χ4v) is 3.19. The summed E-state index contributed by atoms with van der Waals surface area (Å²) in [5.41, 5.74) is -8.96. The average Bonchev–Trinajstić information content (AvgIpc) is 2.56. The van der Waals surface area contributed by atoms with E-state index in [0.29, 0.717) is 0 Å². The van der Waals surface area contributed by atoms with Gasteiger partial charge >= 0.3 is 24.7 Å². The van der Waals surface area contributed by atoms with Crippen molar-refractivity contribution in [3.8, 4) is 11.5 Å². The number of alkyl halides is 12. The molecule has 0 atom stereocenters. The molecule has 2 rings (SSSR count). The average molecular weight is 502 g/mol. The van der Waals surface area contributed by atoms with Gasteiger partial charge in [-0.15, -0.1) is 0 Å². The van der Waals surface area contributed by atoms with Gasteiger partial charge in [0.1, 0.15) is 5.75 Å². The first-order chi connectivity index (χ1) is 14.6. The molecule has 6 N–H and O–H groups in total. The summed E-state index contributed by atoms with van der Waals surface area (Å²) in [6, 6.07) is -2.22. The highest BCUT2D eigenvalue weighted by atomic mass is 19.4. The molecule has 0 unspecified atom stereocenters. The van der Waals surface area contributed by atoms with Crippen LogP contribution in [0, 0.1) is 0 Å². The van der Waals surface area contributed by atoms with Gasteiger partial charge in [-0.3, -0.25) is 0 Å². The Morgan fingerprint density at radius 2 is 1.00 bits per heavy atom. The summed E-state index contributed by atoms with van der Waals surface area (Å²) in [5, 5.41) is 19.0. The zero-order valence-corrected chi connectivity index (χ0v) is 15.4. The number of nitrogens with two attached hydrogens (primary N) is 2. The Kier molecular flexibility index (Phi) is 5.85. The van der Waals surface area contributed by atoms with Crippen LogP contribution in [0.2, 0.25) is 0 Å².